The average Bonchev–Trinajstić information content (AvgIpc) is 3.52. The van der Waals surface area contributed by atoms with Gasteiger partial charge in [-0.3, -0.25) is 0 Å². The first-order valence-electron chi connectivity index (χ1n) is 13.3. The summed E-state index contributed by atoms with van der Waals surface area (Å²) in [5.41, 5.74) is 8.60. The fourth-order valence-corrected chi connectivity index (χ4v) is 6.35. The van der Waals surface area contributed by atoms with E-state index >= 15 is 0 Å². The summed E-state index contributed by atoms with van der Waals surface area (Å²) in [4.78, 5) is 0. The third kappa shape index (κ3) is 7.47. The molecule has 0 fully saturated rings. The maximum atomic E-state index is 4.93. The van der Waals surface area contributed by atoms with Gasteiger partial charge in [-0.15, -0.1) is 40.1 Å². The number of hydrogen-bond acceptors (Lipinski definition) is 0. The molecule has 196 valence electrons. The zero-order valence-corrected chi connectivity index (χ0v) is 28.2. The van der Waals surface area contributed by atoms with Gasteiger partial charge in [0.2, 0.25) is 0 Å². The first-order chi connectivity index (χ1) is 18.7. The van der Waals surface area contributed by atoms with E-state index in [0.29, 0.717) is 5.92 Å². The molecule has 0 spiro atoms. The van der Waals surface area contributed by atoms with Crippen LogP contribution in [0.15, 0.2) is 97.1 Å². The Labute approximate surface area is 255 Å². The second kappa shape index (κ2) is 13.7. The predicted molar refractivity (Wildman–Crippen MR) is 170 cm³/mol. The summed E-state index contributed by atoms with van der Waals surface area (Å²) in [5, 5.41) is 5.59. The molecule has 6 rings (SSSR count). The van der Waals surface area contributed by atoms with Crippen LogP contribution in [0.25, 0.3) is 33.0 Å². The van der Waals surface area contributed by atoms with Crippen LogP contribution in [-0.4, -0.2) is 9.52 Å². The van der Waals surface area contributed by atoms with Crippen LogP contribution in [0.2, 0.25) is 0 Å². The number of rotatable bonds is 3. The SMILES string of the molecule is CC(C)Cc1ccc2[cH-]c(C(C)(C)C)cc2c1-c1ccccc1.[Cl][Zr+2][Cl].[c-]1cccc2c1[Si]c1ccccc1-2. The summed E-state index contributed by atoms with van der Waals surface area (Å²) in [6, 6.07) is 38.4. The van der Waals surface area contributed by atoms with Crippen LogP contribution in [0.1, 0.15) is 45.7 Å². The molecule has 0 saturated heterocycles. The monoisotopic (exact) mass is 642 g/mol. The number of fused-ring (bicyclic) bond motifs is 4. The molecule has 0 N–H and O–H groups in total. The molecule has 39 heavy (non-hydrogen) atoms. The van der Waals surface area contributed by atoms with Crippen molar-refractivity contribution in [1.29, 1.82) is 0 Å². The van der Waals surface area contributed by atoms with E-state index in [9.17, 15) is 0 Å². The molecule has 0 amide bonds. The average molecular weight is 645 g/mol. The summed E-state index contributed by atoms with van der Waals surface area (Å²) in [6.45, 7) is 11.5. The third-order valence-electron chi connectivity index (χ3n) is 6.87. The summed E-state index contributed by atoms with van der Waals surface area (Å²) >= 11 is -0.826. The van der Waals surface area contributed by atoms with E-state index < -0.39 is 20.8 Å². The molecule has 5 aromatic rings. The van der Waals surface area contributed by atoms with Crippen LogP contribution in [0.5, 0.6) is 0 Å². The van der Waals surface area contributed by atoms with Crippen LogP contribution in [0.4, 0.5) is 0 Å². The minimum Gasteiger partial charge on any atom is -0.184 e. The second-order valence-electron chi connectivity index (χ2n) is 11.3. The van der Waals surface area contributed by atoms with Gasteiger partial charge in [-0.05, 0) is 23.3 Å². The van der Waals surface area contributed by atoms with Gasteiger partial charge in [-0.1, -0.05) is 111 Å². The van der Waals surface area contributed by atoms with Crippen LogP contribution in [0.3, 0.4) is 0 Å². The molecular formula is C35H34Cl2SiZr. The Morgan fingerprint density at radius 3 is 2.23 bits per heavy atom. The van der Waals surface area contributed by atoms with Crippen molar-refractivity contribution in [2.24, 2.45) is 5.92 Å². The zero-order valence-electron chi connectivity index (χ0n) is 23.3. The molecule has 0 nitrogen and oxygen atoms in total. The minimum absolute atomic E-state index is 0.186. The molecule has 0 aromatic heterocycles. The number of hydrogen-bond donors (Lipinski definition) is 0. The molecule has 0 unspecified atom stereocenters. The Bertz CT molecular complexity index is 1470. The summed E-state index contributed by atoms with van der Waals surface area (Å²) in [7, 11) is 10.7. The zero-order chi connectivity index (χ0) is 28.0. The van der Waals surface area contributed by atoms with Gasteiger partial charge in [-0.25, -0.2) is 0 Å². The largest absolute Gasteiger partial charge is 0.184 e. The van der Waals surface area contributed by atoms with E-state index in [-0.39, 0.29) is 5.41 Å². The fraction of sp³-hybridized carbons (Fsp3) is 0.229. The van der Waals surface area contributed by atoms with Gasteiger partial charge < -0.3 is 0 Å². The number of benzene rings is 4. The van der Waals surface area contributed by atoms with E-state index in [2.05, 4.69) is 132 Å². The van der Waals surface area contributed by atoms with Crippen LogP contribution in [-0.2, 0) is 32.7 Å². The molecule has 5 aromatic carbocycles. The number of halogens is 2. The van der Waals surface area contributed by atoms with Crippen molar-refractivity contribution in [1.82, 2.24) is 0 Å². The topological polar surface area (TPSA) is 0 Å². The Balaban J connectivity index is 0.000000184. The van der Waals surface area contributed by atoms with E-state index in [4.69, 9.17) is 17.0 Å². The normalized spacial score (nSPS) is 11.6. The van der Waals surface area contributed by atoms with Gasteiger partial charge in [0, 0.05) is 0 Å². The molecule has 1 aliphatic heterocycles. The van der Waals surface area contributed by atoms with E-state index in [1.807, 2.05) is 6.07 Å². The molecule has 4 heteroatoms. The Kier molecular flexibility index (Phi) is 10.6. The van der Waals surface area contributed by atoms with E-state index in [1.165, 1.54) is 54.5 Å². The Hall–Kier alpha value is -1.83. The van der Waals surface area contributed by atoms with Crippen molar-refractivity contribution in [2.75, 3.05) is 0 Å². The first kappa shape index (κ1) is 30.1. The van der Waals surface area contributed by atoms with Gasteiger partial charge in [0.1, 0.15) is 0 Å². The van der Waals surface area contributed by atoms with Gasteiger partial charge in [0.15, 0.2) is 0 Å². The quantitative estimate of drug-likeness (QED) is 0.133. The molecule has 0 aliphatic carbocycles. The third-order valence-corrected chi connectivity index (χ3v) is 8.24. The van der Waals surface area contributed by atoms with Crippen molar-refractivity contribution < 1.29 is 20.8 Å². The second-order valence-corrected chi connectivity index (χ2v) is 16.3. The van der Waals surface area contributed by atoms with Crippen molar-refractivity contribution in [2.45, 2.75) is 46.5 Å². The van der Waals surface area contributed by atoms with Gasteiger partial charge in [-0.2, -0.15) is 35.5 Å². The summed E-state index contributed by atoms with van der Waals surface area (Å²) in [6.07, 6.45) is 1.12. The van der Waals surface area contributed by atoms with Crippen LogP contribution >= 0.6 is 17.0 Å². The molecule has 1 aliphatic rings. The Morgan fingerprint density at radius 1 is 0.872 bits per heavy atom. The van der Waals surface area contributed by atoms with E-state index in [0.717, 1.165) is 15.9 Å². The first-order valence-corrected chi connectivity index (χ1v) is 20.7. The van der Waals surface area contributed by atoms with Crippen molar-refractivity contribution in [3.8, 4) is 22.3 Å². The van der Waals surface area contributed by atoms with Gasteiger partial charge in [0.25, 0.3) is 0 Å². The van der Waals surface area contributed by atoms with E-state index in [1.54, 1.807) is 0 Å². The van der Waals surface area contributed by atoms with Gasteiger partial charge in [0.05, 0.1) is 9.52 Å². The van der Waals surface area contributed by atoms with Crippen LogP contribution in [0, 0.1) is 12.0 Å². The van der Waals surface area contributed by atoms with Crippen molar-refractivity contribution in [3.63, 3.8) is 0 Å². The molecule has 0 bridgehead atoms. The predicted octanol–water partition coefficient (Wildman–Crippen LogP) is 9.22. The maximum absolute atomic E-state index is 4.93. The molecule has 1 heterocycles. The van der Waals surface area contributed by atoms with Crippen molar-refractivity contribution in [3.05, 3.63) is 114 Å². The maximum Gasteiger partial charge on any atom is 0.0920 e. The standard InChI is InChI=1S/C23H27.C12H7Si.2ClH.Zr/c1-16(2)13-19-12-11-18-14-20(23(3,4)5)15-21(18)22(19)17-9-7-6-8-10-17;1-3-7-11-9(5-1)10-6-2-4-8-12(10)13-11;;;/h6-12,14-16H,13H2,1-5H3;1-7H;2*1H;/q2*-1;;;+4/p-2. The minimum atomic E-state index is -0.826. The Morgan fingerprint density at radius 2 is 1.54 bits per heavy atom. The van der Waals surface area contributed by atoms with Gasteiger partial charge >= 0.3 is 37.9 Å². The van der Waals surface area contributed by atoms with Crippen LogP contribution < -0.4 is 10.4 Å². The van der Waals surface area contributed by atoms with Crippen molar-refractivity contribution >= 4 is 47.7 Å². The smallest absolute Gasteiger partial charge is 0.0920 e. The summed E-state index contributed by atoms with van der Waals surface area (Å²) in [5.74, 6) is 0.659. The molecular weight excluding hydrogens is 611 g/mol. The fourth-order valence-electron chi connectivity index (χ4n) is 5.04. The molecule has 0 atom stereocenters. The molecule has 2 radical (unpaired) electrons. The summed E-state index contributed by atoms with van der Waals surface area (Å²) < 4.78 is 0. The molecule has 0 saturated carbocycles.